The molecule has 0 saturated carbocycles. The second-order valence-electron chi connectivity index (χ2n) is 6.69. The van der Waals surface area contributed by atoms with Gasteiger partial charge in [-0.1, -0.05) is 23.2 Å². The fraction of sp³-hybridized carbons (Fsp3) is 0.250. The van der Waals surface area contributed by atoms with E-state index in [0.29, 0.717) is 51.3 Å². The number of hydrogen-bond donors (Lipinski definition) is 1. The van der Waals surface area contributed by atoms with Crippen molar-refractivity contribution in [3.63, 3.8) is 0 Å². The minimum atomic E-state index is -0.545. The molecular formula is C20H17Cl2N3O3. The van der Waals surface area contributed by atoms with E-state index in [1.807, 2.05) is 0 Å². The van der Waals surface area contributed by atoms with Gasteiger partial charge < -0.3 is 14.6 Å². The SMILES string of the molecule is Cc1nc2cc(NC(=O)C3CCCN3C(=O)c3ccc(Cl)c(Cl)c3)ccc2o1. The van der Waals surface area contributed by atoms with Gasteiger partial charge in [-0.25, -0.2) is 4.98 Å². The Bertz CT molecular complexity index is 1080. The first-order chi connectivity index (χ1) is 13.4. The summed E-state index contributed by atoms with van der Waals surface area (Å²) in [6.07, 6.45) is 1.36. The van der Waals surface area contributed by atoms with Gasteiger partial charge >= 0.3 is 0 Å². The number of oxazole rings is 1. The summed E-state index contributed by atoms with van der Waals surface area (Å²) in [6.45, 7) is 2.28. The number of aromatic nitrogens is 1. The van der Waals surface area contributed by atoms with Crippen LogP contribution in [0.3, 0.4) is 0 Å². The zero-order valence-corrected chi connectivity index (χ0v) is 16.5. The van der Waals surface area contributed by atoms with E-state index < -0.39 is 6.04 Å². The number of amides is 2. The molecule has 28 heavy (non-hydrogen) atoms. The summed E-state index contributed by atoms with van der Waals surface area (Å²) < 4.78 is 5.45. The molecule has 1 unspecified atom stereocenters. The van der Waals surface area contributed by atoms with Crippen LogP contribution in [-0.4, -0.2) is 34.3 Å². The third-order valence-electron chi connectivity index (χ3n) is 4.74. The van der Waals surface area contributed by atoms with Crippen LogP contribution in [0.25, 0.3) is 11.1 Å². The second-order valence-corrected chi connectivity index (χ2v) is 7.50. The maximum absolute atomic E-state index is 12.9. The Morgan fingerprint density at radius 2 is 2.00 bits per heavy atom. The maximum Gasteiger partial charge on any atom is 0.254 e. The van der Waals surface area contributed by atoms with Crippen molar-refractivity contribution in [2.75, 3.05) is 11.9 Å². The highest BCUT2D eigenvalue weighted by Crippen LogP contribution is 2.27. The second kappa shape index (κ2) is 7.45. The van der Waals surface area contributed by atoms with E-state index in [4.69, 9.17) is 27.6 Å². The van der Waals surface area contributed by atoms with Gasteiger partial charge in [-0.05, 0) is 49.2 Å². The molecular weight excluding hydrogens is 401 g/mol. The lowest BCUT2D eigenvalue weighted by Crippen LogP contribution is -2.43. The molecule has 1 aliphatic heterocycles. The molecule has 0 aliphatic carbocycles. The van der Waals surface area contributed by atoms with Crippen molar-refractivity contribution in [3.05, 3.63) is 57.9 Å². The van der Waals surface area contributed by atoms with E-state index in [1.165, 1.54) is 6.07 Å². The van der Waals surface area contributed by atoms with E-state index in [1.54, 1.807) is 42.2 Å². The van der Waals surface area contributed by atoms with Crippen LogP contribution >= 0.6 is 23.2 Å². The van der Waals surface area contributed by atoms with Gasteiger partial charge in [0.25, 0.3) is 5.91 Å². The van der Waals surface area contributed by atoms with Crippen LogP contribution in [0.15, 0.2) is 40.8 Å². The number of nitrogens with one attached hydrogen (secondary N) is 1. The Labute approximate surface area is 171 Å². The molecule has 0 radical (unpaired) electrons. The largest absolute Gasteiger partial charge is 0.441 e. The first kappa shape index (κ1) is 18.8. The van der Waals surface area contributed by atoms with E-state index in [2.05, 4.69) is 10.3 Å². The zero-order valence-electron chi connectivity index (χ0n) is 15.0. The molecule has 1 N–H and O–H groups in total. The fourth-order valence-corrected chi connectivity index (χ4v) is 3.72. The molecule has 1 atom stereocenters. The van der Waals surface area contributed by atoms with Crippen molar-refractivity contribution in [1.82, 2.24) is 9.88 Å². The van der Waals surface area contributed by atoms with E-state index >= 15 is 0 Å². The summed E-state index contributed by atoms with van der Waals surface area (Å²) in [5.74, 6) is 0.0944. The Balaban J connectivity index is 1.52. The van der Waals surface area contributed by atoms with E-state index in [0.717, 1.165) is 6.42 Å². The molecule has 2 aromatic carbocycles. The molecule has 2 amide bonds. The van der Waals surface area contributed by atoms with Crippen LogP contribution < -0.4 is 5.32 Å². The van der Waals surface area contributed by atoms with Crippen molar-refractivity contribution in [2.24, 2.45) is 0 Å². The average Bonchev–Trinajstić information content (AvgIpc) is 3.28. The molecule has 0 bridgehead atoms. The zero-order chi connectivity index (χ0) is 19.8. The van der Waals surface area contributed by atoms with Crippen molar-refractivity contribution in [2.45, 2.75) is 25.8 Å². The first-order valence-electron chi connectivity index (χ1n) is 8.86. The molecule has 2 heterocycles. The van der Waals surface area contributed by atoms with Crippen LogP contribution in [0.2, 0.25) is 10.0 Å². The third-order valence-corrected chi connectivity index (χ3v) is 5.48. The number of likely N-dealkylation sites (tertiary alicyclic amines) is 1. The standard InChI is InChI=1S/C20H17Cl2N3O3/c1-11-23-16-10-13(5-7-18(16)28-11)24-19(26)17-3-2-8-25(17)20(27)12-4-6-14(21)15(22)9-12/h4-7,9-10,17H,2-3,8H2,1H3,(H,24,26). The van der Waals surface area contributed by atoms with Gasteiger partial charge in [0.1, 0.15) is 11.6 Å². The Morgan fingerprint density at radius 1 is 1.18 bits per heavy atom. The lowest BCUT2D eigenvalue weighted by molar-refractivity contribution is -0.119. The number of aryl methyl sites for hydroxylation is 1. The quantitative estimate of drug-likeness (QED) is 0.670. The molecule has 8 heteroatoms. The lowest BCUT2D eigenvalue weighted by atomic mass is 10.1. The minimum absolute atomic E-state index is 0.231. The number of hydrogen-bond acceptors (Lipinski definition) is 4. The van der Waals surface area contributed by atoms with Crippen molar-refractivity contribution < 1.29 is 14.0 Å². The van der Waals surface area contributed by atoms with Crippen LogP contribution in [0.1, 0.15) is 29.1 Å². The predicted octanol–water partition coefficient (Wildman–Crippen LogP) is 4.69. The van der Waals surface area contributed by atoms with Crippen molar-refractivity contribution in [3.8, 4) is 0 Å². The molecule has 1 aromatic heterocycles. The molecule has 1 saturated heterocycles. The number of carbonyl (C=O) groups is 2. The summed E-state index contributed by atoms with van der Waals surface area (Å²) >= 11 is 11.9. The molecule has 144 valence electrons. The average molecular weight is 418 g/mol. The molecule has 3 aromatic rings. The third kappa shape index (κ3) is 3.57. The van der Waals surface area contributed by atoms with Gasteiger partial charge in [0.2, 0.25) is 5.91 Å². The monoisotopic (exact) mass is 417 g/mol. The van der Waals surface area contributed by atoms with E-state index in [9.17, 15) is 9.59 Å². The maximum atomic E-state index is 12.9. The predicted molar refractivity (Wildman–Crippen MR) is 108 cm³/mol. The number of nitrogens with zero attached hydrogens (tertiary/aromatic N) is 2. The minimum Gasteiger partial charge on any atom is -0.441 e. The van der Waals surface area contributed by atoms with Gasteiger partial charge in [-0.3, -0.25) is 9.59 Å². The molecule has 1 aliphatic rings. The Morgan fingerprint density at radius 3 is 2.79 bits per heavy atom. The fourth-order valence-electron chi connectivity index (χ4n) is 3.42. The Kier molecular flexibility index (Phi) is 5.00. The lowest BCUT2D eigenvalue weighted by Gasteiger charge is -2.24. The molecule has 6 nitrogen and oxygen atoms in total. The highest BCUT2D eigenvalue weighted by atomic mass is 35.5. The van der Waals surface area contributed by atoms with Crippen LogP contribution in [-0.2, 0) is 4.79 Å². The highest BCUT2D eigenvalue weighted by molar-refractivity contribution is 6.42. The smallest absolute Gasteiger partial charge is 0.254 e. The van der Waals surface area contributed by atoms with Crippen LogP contribution in [0.5, 0.6) is 0 Å². The number of anilines is 1. The topological polar surface area (TPSA) is 75.4 Å². The molecule has 4 rings (SSSR count). The van der Waals surface area contributed by atoms with Crippen molar-refractivity contribution in [1.29, 1.82) is 0 Å². The number of benzene rings is 2. The van der Waals surface area contributed by atoms with Gasteiger partial charge in [0, 0.05) is 24.7 Å². The number of carbonyl (C=O) groups excluding carboxylic acids is 2. The highest BCUT2D eigenvalue weighted by Gasteiger charge is 2.34. The van der Waals surface area contributed by atoms with Gasteiger partial charge in [0.15, 0.2) is 11.5 Å². The summed E-state index contributed by atoms with van der Waals surface area (Å²) in [6, 6.07) is 9.45. The first-order valence-corrected chi connectivity index (χ1v) is 9.62. The summed E-state index contributed by atoms with van der Waals surface area (Å²) in [5.41, 5.74) is 2.35. The van der Waals surface area contributed by atoms with Crippen LogP contribution in [0.4, 0.5) is 5.69 Å². The summed E-state index contributed by atoms with van der Waals surface area (Å²) in [7, 11) is 0. The van der Waals surface area contributed by atoms with Gasteiger partial charge in [-0.15, -0.1) is 0 Å². The van der Waals surface area contributed by atoms with E-state index in [-0.39, 0.29) is 11.8 Å². The summed E-state index contributed by atoms with van der Waals surface area (Å²) in [4.78, 5) is 31.6. The normalized spacial score (nSPS) is 16.5. The van der Waals surface area contributed by atoms with Crippen molar-refractivity contribution >= 4 is 51.8 Å². The van der Waals surface area contributed by atoms with Crippen LogP contribution in [0, 0.1) is 6.92 Å². The van der Waals surface area contributed by atoms with Gasteiger partial charge in [0.05, 0.1) is 10.0 Å². The molecule has 1 fully saturated rings. The number of halogens is 2. The Hall–Kier alpha value is -2.57. The van der Waals surface area contributed by atoms with Gasteiger partial charge in [-0.2, -0.15) is 0 Å². The number of rotatable bonds is 3. The summed E-state index contributed by atoms with van der Waals surface area (Å²) in [5, 5.41) is 3.57. The number of fused-ring (bicyclic) bond motifs is 1. The molecule has 0 spiro atoms.